The summed E-state index contributed by atoms with van der Waals surface area (Å²) in [5.41, 5.74) is 1.03. The number of phenols is 1. The molecule has 1 amide bonds. The number of fused-ring (bicyclic) bond motifs is 1. The normalized spacial score (nSPS) is 11.9. The van der Waals surface area contributed by atoms with Crippen LogP contribution in [-0.2, 0) is 4.79 Å². The fraction of sp³-hybridized carbons (Fsp3) is 0.150. The summed E-state index contributed by atoms with van der Waals surface area (Å²) in [6, 6.07) is 20.7. The summed E-state index contributed by atoms with van der Waals surface area (Å²) < 4.78 is 5.34. The lowest BCUT2D eigenvalue weighted by atomic mass is 10.0. The van der Waals surface area contributed by atoms with E-state index in [1.54, 1.807) is 18.2 Å². The second-order valence-corrected chi connectivity index (χ2v) is 5.65. The molecule has 24 heavy (non-hydrogen) atoms. The first-order valence-electron chi connectivity index (χ1n) is 7.82. The molecule has 4 nitrogen and oxygen atoms in total. The Hall–Kier alpha value is -3.01. The highest BCUT2D eigenvalue weighted by atomic mass is 16.5. The summed E-state index contributed by atoms with van der Waals surface area (Å²) in [6.07, 6.45) is 0. The Kier molecular flexibility index (Phi) is 4.66. The van der Waals surface area contributed by atoms with Crippen molar-refractivity contribution in [3.05, 3.63) is 72.3 Å². The summed E-state index contributed by atoms with van der Waals surface area (Å²) >= 11 is 0. The molecule has 2 N–H and O–H groups in total. The zero-order chi connectivity index (χ0) is 16.9. The van der Waals surface area contributed by atoms with Gasteiger partial charge in [0.05, 0.1) is 6.04 Å². The maximum atomic E-state index is 12.1. The maximum Gasteiger partial charge on any atom is 0.258 e. The van der Waals surface area contributed by atoms with Crippen LogP contribution in [0.5, 0.6) is 11.5 Å². The van der Waals surface area contributed by atoms with Gasteiger partial charge in [-0.25, -0.2) is 0 Å². The minimum absolute atomic E-state index is 0.0212. The molecule has 0 aromatic heterocycles. The van der Waals surface area contributed by atoms with Gasteiger partial charge in [0.25, 0.3) is 5.91 Å². The Balaban J connectivity index is 1.61. The molecular weight excluding hydrogens is 302 g/mol. The lowest BCUT2D eigenvalue weighted by Crippen LogP contribution is -2.31. The molecule has 0 aliphatic rings. The number of carbonyl (C=O) groups is 1. The van der Waals surface area contributed by atoms with Crippen molar-refractivity contribution in [2.45, 2.75) is 13.0 Å². The Morgan fingerprint density at radius 3 is 2.54 bits per heavy atom. The number of para-hydroxylation sites is 2. The first-order valence-corrected chi connectivity index (χ1v) is 7.82. The van der Waals surface area contributed by atoms with E-state index in [1.165, 1.54) is 11.5 Å². The molecule has 3 aromatic carbocycles. The Morgan fingerprint density at radius 2 is 1.75 bits per heavy atom. The number of ether oxygens (including phenoxy) is 1. The molecule has 0 bridgehead atoms. The number of phenolic OH excluding ortho intramolecular Hbond substituents is 1. The molecule has 0 aliphatic heterocycles. The second kappa shape index (κ2) is 7.04. The summed E-state index contributed by atoms with van der Waals surface area (Å²) in [5, 5.41) is 14.8. The molecule has 3 aromatic rings. The average Bonchev–Trinajstić information content (AvgIpc) is 2.60. The highest BCUT2D eigenvalue weighted by molar-refractivity contribution is 5.83. The van der Waals surface area contributed by atoms with Crippen LogP contribution >= 0.6 is 0 Å². The number of amides is 1. The van der Waals surface area contributed by atoms with Crippen molar-refractivity contribution in [3.63, 3.8) is 0 Å². The Bertz CT molecular complexity index is 860. The highest BCUT2D eigenvalue weighted by Crippen LogP contribution is 2.24. The topological polar surface area (TPSA) is 58.6 Å². The molecular formula is C20H19NO3. The number of nitrogens with one attached hydrogen (secondary N) is 1. The predicted molar refractivity (Wildman–Crippen MR) is 94.1 cm³/mol. The van der Waals surface area contributed by atoms with Gasteiger partial charge in [0.2, 0.25) is 0 Å². The lowest BCUT2D eigenvalue weighted by Gasteiger charge is -2.15. The van der Waals surface area contributed by atoms with Crippen molar-refractivity contribution in [1.82, 2.24) is 5.32 Å². The second-order valence-electron chi connectivity index (χ2n) is 5.65. The van der Waals surface area contributed by atoms with E-state index in [1.807, 2.05) is 31.2 Å². The van der Waals surface area contributed by atoms with Crippen LogP contribution in [-0.4, -0.2) is 17.6 Å². The lowest BCUT2D eigenvalue weighted by molar-refractivity contribution is -0.123. The van der Waals surface area contributed by atoms with Gasteiger partial charge in [0.15, 0.2) is 18.1 Å². The molecule has 0 saturated carbocycles. The summed E-state index contributed by atoms with van der Waals surface area (Å²) in [6.45, 7) is 1.79. The predicted octanol–water partition coefficient (Wildman–Crippen LogP) is 3.80. The number of hydrogen-bond donors (Lipinski definition) is 2. The minimum Gasteiger partial charge on any atom is -0.504 e. The smallest absolute Gasteiger partial charge is 0.258 e. The van der Waals surface area contributed by atoms with E-state index in [0.29, 0.717) is 5.75 Å². The van der Waals surface area contributed by atoms with Crippen LogP contribution in [0.3, 0.4) is 0 Å². The number of aromatic hydroxyl groups is 1. The molecule has 0 heterocycles. The molecule has 3 rings (SSSR count). The molecule has 122 valence electrons. The van der Waals surface area contributed by atoms with Crippen LogP contribution in [0.4, 0.5) is 0 Å². The third-order valence-corrected chi connectivity index (χ3v) is 3.88. The minimum atomic E-state index is -0.237. The van der Waals surface area contributed by atoms with E-state index in [4.69, 9.17) is 4.74 Å². The van der Waals surface area contributed by atoms with Gasteiger partial charge in [0, 0.05) is 0 Å². The molecule has 1 atom stereocenters. The first kappa shape index (κ1) is 15.9. The third kappa shape index (κ3) is 3.66. The van der Waals surface area contributed by atoms with Gasteiger partial charge in [-0.15, -0.1) is 0 Å². The van der Waals surface area contributed by atoms with Crippen LogP contribution in [0.2, 0.25) is 0 Å². The highest BCUT2D eigenvalue weighted by Gasteiger charge is 2.11. The van der Waals surface area contributed by atoms with E-state index in [9.17, 15) is 9.90 Å². The van der Waals surface area contributed by atoms with Gasteiger partial charge < -0.3 is 15.2 Å². The fourth-order valence-electron chi connectivity index (χ4n) is 2.57. The summed E-state index contributed by atoms with van der Waals surface area (Å²) in [4.78, 5) is 12.1. The van der Waals surface area contributed by atoms with Gasteiger partial charge >= 0.3 is 0 Å². The van der Waals surface area contributed by atoms with E-state index in [-0.39, 0.29) is 24.3 Å². The van der Waals surface area contributed by atoms with Gasteiger partial charge in [-0.2, -0.15) is 0 Å². The van der Waals surface area contributed by atoms with Crippen molar-refractivity contribution < 1.29 is 14.6 Å². The van der Waals surface area contributed by atoms with Gasteiger partial charge in [-0.05, 0) is 41.5 Å². The standard InChI is InChI=1S/C20H19NO3/c1-14(16-11-10-15-6-2-3-7-17(15)12-16)21-20(23)13-24-19-9-5-4-8-18(19)22/h2-12,14,22H,13H2,1H3,(H,21,23). The van der Waals surface area contributed by atoms with Crippen LogP contribution in [0.15, 0.2) is 66.7 Å². The van der Waals surface area contributed by atoms with Crippen molar-refractivity contribution in [1.29, 1.82) is 0 Å². The van der Waals surface area contributed by atoms with Gasteiger partial charge in [-0.3, -0.25) is 4.79 Å². The number of carbonyl (C=O) groups excluding carboxylic acids is 1. The third-order valence-electron chi connectivity index (χ3n) is 3.88. The monoisotopic (exact) mass is 321 g/mol. The quantitative estimate of drug-likeness (QED) is 0.751. The molecule has 0 aliphatic carbocycles. The molecule has 4 heteroatoms. The number of benzene rings is 3. The average molecular weight is 321 g/mol. The van der Waals surface area contributed by atoms with E-state index in [0.717, 1.165) is 10.9 Å². The SMILES string of the molecule is CC(NC(=O)COc1ccccc1O)c1ccc2ccccc2c1. The molecule has 1 unspecified atom stereocenters. The van der Waals surface area contributed by atoms with Crippen LogP contribution < -0.4 is 10.1 Å². The van der Waals surface area contributed by atoms with Crippen LogP contribution in [0, 0.1) is 0 Å². The van der Waals surface area contributed by atoms with E-state index < -0.39 is 0 Å². The number of rotatable bonds is 5. The summed E-state index contributed by atoms with van der Waals surface area (Å²) in [7, 11) is 0. The van der Waals surface area contributed by atoms with Crippen molar-refractivity contribution in [3.8, 4) is 11.5 Å². The van der Waals surface area contributed by atoms with Crippen molar-refractivity contribution >= 4 is 16.7 Å². The van der Waals surface area contributed by atoms with E-state index in [2.05, 4.69) is 23.5 Å². The Morgan fingerprint density at radius 1 is 1.04 bits per heavy atom. The maximum absolute atomic E-state index is 12.1. The Labute approximate surface area is 140 Å². The van der Waals surface area contributed by atoms with Crippen molar-refractivity contribution in [2.24, 2.45) is 0 Å². The van der Waals surface area contributed by atoms with Gasteiger partial charge in [-0.1, -0.05) is 48.5 Å². The molecule has 0 saturated heterocycles. The fourth-order valence-corrected chi connectivity index (χ4v) is 2.57. The van der Waals surface area contributed by atoms with Crippen LogP contribution in [0.25, 0.3) is 10.8 Å². The largest absolute Gasteiger partial charge is 0.504 e. The first-order chi connectivity index (χ1) is 11.6. The van der Waals surface area contributed by atoms with Crippen molar-refractivity contribution in [2.75, 3.05) is 6.61 Å². The zero-order valence-corrected chi connectivity index (χ0v) is 13.4. The molecule has 0 spiro atoms. The van der Waals surface area contributed by atoms with Gasteiger partial charge in [0.1, 0.15) is 0 Å². The van der Waals surface area contributed by atoms with E-state index >= 15 is 0 Å². The summed E-state index contributed by atoms with van der Waals surface area (Å²) in [5.74, 6) is 0.0813. The van der Waals surface area contributed by atoms with Crippen LogP contribution in [0.1, 0.15) is 18.5 Å². The molecule has 0 radical (unpaired) electrons. The molecule has 0 fully saturated rings. The number of hydrogen-bond acceptors (Lipinski definition) is 3. The zero-order valence-electron chi connectivity index (χ0n) is 13.4.